The Morgan fingerprint density at radius 1 is 1.29 bits per heavy atom. The predicted molar refractivity (Wildman–Crippen MR) is 77.0 cm³/mol. The Balaban J connectivity index is 3.08. The highest BCUT2D eigenvalue weighted by atomic mass is 32.2. The van der Waals surface area contributed by atoms with Gasteiger partial charge < -0.3 is 5.73 Å². The van der Waals surface area contributed by atoms with Crippen LogP contribution in [0.5, 0.6) is 0 Å². The molecule has 0 amide bonds. The van der Waals surface area contributed by atoms with Crippen molar-refractivity contribution in [1.82, 2.24) is 4.31 Å². The van der Waals surface area contributed by atoms with Crippen LogP contribution in [0.1, 0.15) is 0 Å². The molecule has 21 heavy (non-hydrogen) atoms. The van der Waals surface area contributed by atoms with E-state index in [2.05, 4.69) is 0 Å². The van der Waals surface area contributed by atoms with Crippen LogP contribution in [0.3, 0.4) is 0 Å². The van der Waals surface area contributed by atoms with Gasteiger partial charge in [-0.1, -0.05) is 0 Å². The van der Waals surface area contributed by atoms with Crippen molar-refractivity contribution in [3.05, 3.63) is 28.3 Å². The normalized spacial score (nSPS) is 12.5. The zero-order valence-electron chi connectivity index (χ0n) is 11.4. The van der Waals surface area contributed by atoms with Gasteiger partial charge in [0.25, 0.3) is 5.69 Å². The molecule has 0 unspecified atom stereocenters. The standard InChI is InChI=1S/C10H15N3O6S2/c1-12(5-6-20(2,16)17)21(18,19)8-3-4-10(13(14)15)9(11)7-8/h3-4,7H,5-6,11H2,1-2H3. The van der Waals surface area contributed by atoms with E-state index < -0.39 is 30.5 Å². The molecule has 0 spiro atoms. The molecule has 0 aromatic heterocycles. The zero-order chi connectivity index (χ0) is 16.4. The Morgan fingerprint density at radius 3 is 2.29 bits per heavy atom. The lowest BCUT2D eigenvalue weighted by Gasteiger charge is -2.16. The number of nitrogens with zero attached hydrogens (tertiary/aromatic N) is 2. The maximum absolute atomic E-state index is 12.2. The van der Waals surface area contributed by atoms with Gasteiger partial charge in [0.2, 0.25) is 10.0 Å². The molecule has 0 aliphatic carbocycles. The third kappa shape index (κ3) is 4.37. The first-order valence-corrected chi connectivity index (χ1v) is 9.13. The van der Waals surface area contributed by atoms with Crippen LogP contribution in [-0.2, 0) is 19.9 Å². The maximum Gasteiger partial charge on any atom is 0.292 e. The van der Waals surface area contributed by atoms with E-state index in [1.807, 2.05) is 0 Å². The molecule has 118 valence electrons. The van der Waals surface area contributed by atoms with E-state index in [1.54, 1.807) is 0 Å². The van der Waals surface area contributed by atoms with Crippen molar-refractivity contribution in [2.45, 2.75) is 4.90 Å². The van der Waals surface area contributed by atoms with E-state index in [0.29, 0.717) is 0 Å². The van der Waals surface area contributed by atoms with Gasteiger partial charge in [-0.3, -0.25) is 10.1 Å². The summed E-state index contributed by atoms with van der Waals surface area (Å²) in [6.45, 7) is -0.224. The minimum Gasteiger partial charge on any atom is -0.393 e. The van der Waals surface area contributed by atoms with Crippen LogP contribution in [-0.4, -0.2) is 51.7 Å². The number of anilines is 1. The largest absolute Gasteiger partial charge is 0.393 e. The van der Waals surface area contributed by atoms with Crippen LogP contribution in [0.2, 0.25) is 0 Å². The van der Waals surface area contributed by atoms with Crippen molar-refractivity contribution < 1.29 is 21.8 Å². The number of nitrogens with two attached hydrogens (primary N) is 1. The van der Waals surface area contributed by atoms with Crippen molar-refractivity contribution in [1.29, 1.82) is 0 Å². The molecule has 0 atom stereocenters. The SMILES string of the molecule is CN(CCS(C)(=O)=O)S(=O)(=O)c1ccc([N+](=O)[O-])c(N)c1. The average Bonchev–Trinajstić information content (AvgIpc) is 2.34. The lowest BCUT2D eigenvalue weighted by atomic mass is 10.3. The number of sulfonamides is 1. The van der Waals surface area contributed by atoms with E-state index in [-0.39, 0.29) is 22.9 Å². The summed E-state index contributed by atoms with van der Waals surface area (Å²) >= 11 is 0. The van der Waals surface area contributed by atoms with Crippen molar-refractivity contribution in [2.24, 2.45) is 0 Å². The van der Waals surface area contributed by atoms with Crippen molar-refractivity contribution in [2.75, 3.05) is 31.3 Å². The number of nitro benzene ring substituents is 1. The fourth-order valence-corrected chi connectivity index (χ4v) is 3.38. The Morgan fingerprint density at radius 2 is 1.86 bits per heavy atom. The second kappa shape index (κ2) is 5.95. The summed E-state index contributed by atoms with van der Waals surface area (Å²) < 4.78 is 47.3. The molecule has 2 N–H and O–H groups in total. The zero-order valence-corrected chi connectivity index (χ0v) is 13.0. The minimum absolute atomic E-state index is 0.224. The lowest BCUT2D eigenvalue weighted by molar-refractivity contribution is -0.383. The molecule has 0 saturated carbocycles. The van der Waals surface area contributed by atoms with E-state index in [4.69, 9.17) is 5.73 Å². The summed E-state index contributed by atoms with van der Waals surface area (Å²) in [5.41, 5.74) is 4.77. The van der Waals surface area contributed by atoms with Crippen LogP contribution in [0.4, 0.5) is 11.4 Å². The quantitative estimate of drug-likeness (QED) is 0.432. The number of benzene rings is 1. The summed E-state index contributed by atoms with van der Waals surface area (Å²) in [5, 5.41) is 10.6. The molecule has 11 heteroatoms. The molecular formula is C10H15N3O6S2. The van der Waals surface area contributed by atoms with Crippen LogP contribution in [0.15, 0.2) is 23.1 Å². The molecule has 9 nitrogen and oxygen atoms in total. The monoisotopic (exact) mass is 337 g/mol. The van der Waals surface area contributed by atoms with Gasteiger partial charge in [0, 0.05) is 25.9 Å². The van der Waals surface area contributed by atoms with E-state index in [9.17, 15) is 26.9 Å². The van der Waals surface area contributed by atoms with Gasteiger partial charge in [-0.15, -0.1) is 0 Å². The molecule has 1 aromatic rings. The Bertz CT molecular complexity index is 757. The Hall–Kier alpha value is -1.72. The second-order valence-corrected chi connectivity index (χ2v) is 8.74. The smallest absolute Gasteiger partial charge is 0.292 e. The topological polar surface area (TPSA) is 141 Å². The molecule has 1 aromatic carbocycles. The molecule has 0 bridgehead atoms. The van der Waals surface area contributed by atoms with Gasteiger partial charge in [0.05, 0.1) is 15.6 Å². The fraction of sp³-hybridized carbons (Fsp3) is 0.400. The molecule has 0 aliphatic rings. The Kier molecular flexibility index (Phi) is 4.91. The molecule has 1 rings (SSSR count). The molecular weight excluding hydrogens is 322 g/mol. The van der Waals surface area contributed by atoms with Gasteiger partial charge in [-0.05, 0) is 12.1 Å². The number of rotatable bonds is 6. The molecule has 0 saturated heterocycles. The van der Waals surface area contributed by atoms with Gasteiger partial charge in [0.1, 0.15) is 15.5 Å². The average molecular weight is 337 g/mol. The summed E-state index contributed by atoms with van der Waals surface area (Å²) in [4.78, 5) is 9.67. The van der Waals surface area contributed by atoms with Gasteiger partial charge >= 0.3 is 0 Å². The third-order valence-electron chi connectivity index (χ3n) is 2.68. The minimum atomic E-state index is -3.96. The second-order valence-electron chi connectivity index (χ2n) is 4.43. The highest BCUT2D eigenvalue weighted by Crippen LogP contribution is 2.25. The molecule has 0 radical (unpaired) electrons. The maximum atomic E-state index is 12.2. The van der Waals surface area contributed by atoms with Crippen molar-refractivity contribution in [3.8, 4) is 0 Å². The number of hydrogen-bond donors (Lipinski definition) is 1. The van der Waals surface area contributed by atoms with Gasteiger partial charge in [0.15, 0.2) is 0 Å². The van der Waals surface area contributed by atoms with E-state index in [1.165, 1.54) is 7.05 Å². The van der Waals surface area contributed by atoms with E-state index in [0.717, 1.165) is 28.8 Å². The predicted octanol–water partition coefficient (Wildman–Crippen LogP) is -0.158. The van der Waals surface area contributed by atoms with Crippen LogP contribution < -0.4 is 5.73 Å². The number of sulfone groups is 1. The molecule has 0 aliphatic heterocycles. The summed E-state index contributed by atoms with van der Waals surface area (Å²) in [5.74, 6) is -0.328. The first-order chi connectivity index (χ1) is 9.45. The first-order valence-electron chi connectivity index (χ1n) is 5.63. The highest BCUT2D eigenvalue weighted by molar-refractivity contribution is 7.91. The summed E-state index contributed by atoms with van der Waals surface area (Å²) in [6.07, 6.45) is 0.997. The third-order valence-corrected chi connectivity index (χ3v) is 5.46. The van der Waals surface area contributed by atoms with E-state index >= 15 is 0 Å². The number of nitrogen functional groups attached to an aromatic ring is 1. The van der Waals surface area contributed by atoms with Crippen LogP contribution in [0.25, 0.3) is 0 Å². The number of nitro groups is 1. The summed E-state index contributed by atoms with van der Waals surface area (Å²) in [7, 11) is -6.05. The summed E-state index contributed by atoms with van der Waals surface area (Å²) in [6, 6.07) is 3.03. The lowest BCUT2D eigenvalue weighted by Crippen LogP contribution is -2.31. The fourth-order valence-electron chi connectivity index (χ4n) is 1.45. The number of hydrogen-bond acceptors (Lipinski definition) is 7. The van der Waals surface area contributed by atoms with Crippen molar-refractivity contribution in [3.63, 3.8) is 0 Å². The van der Waals surface area contributed by atoms with Crippen molar-refractivity contribution >= 4 is 31.2 Å². The first kappa shape index (κ1) is 17.3. The highest BCUT2D eigenvalue weighted by Gasteiger charge is 2.24. The van der Waals surface area contributed by atoms with Crippen LogP contribution in [0, 0.1) is 10.1 Å². The molecule has 0 fully saturated rings. The van der Waals surface area contributed by atoms with Gasteiger partial charge in [-0.25, -0.2) is 16.8 Å². The molecule has 0 heterocycles. The Labute approximate surface area is 122 Å². The van der Waals surface area contributed by atoms with Crippen LogP contribution >= 0.6 is 0 Å². The van der Waals surface area contributed by atoms with Gasteiger partial charge in [-0.2, -0.15) is 4.31 Å².